The summed E-state index contributed by atoms with van der Waals surface area (Å²) in [6.07, 6.45) is 0.0749. The van der Waals surface area contributed by atoms with E-state index < -0.39 is 18.5 Å². The Kier molecular flexibility index (Phi) is 6.68. The van der Waals surface area contributed by atoms with Gasteiger partial charge in [0.1, 0.15) is 11.5 Å². The molecule has 0 aromatic heterocycles. The van der Waals surface area contributed by atoms with E-state index >= 15 is 0 Å². The van der Waals surface area contributed by atoms with Crippen LogP contribution in [0.5, 0.6) is 5.75 Å². The van der Waals surface area contributed by atoms with Crippen molar-refractivity contribution in [2.24, 2.45) is 0 Å². The summed E-state index contributed by atoms with van der Waals surface area (Å²) in [7, 11) is 1.49. The fourth-order valence-corrected chi connectivity index (χ4v) is 1.70. The third-order valence-electron chi connectivity index (χ3n) is 2.48. The van der Waals surface area contributed by atoms with Crippen LogP contribution in [0.3, 0.4) is 0 Å². The quantitative estimate of drug-likeness (QED) is 0.780. The summed E-state index contributed by atoms with van der Waals surface area (Å²) in [5.74, 6) is -0.699. The van der Waals surface area contributed by atoms with Gasteiger partial charge in [0.05, 0.1) is 18.6 Å². The molecule has 0 fully saturated rings. The number of nitrogens with one attached hydrogen (secondary N) is 1. The van der Waals surface area contributed by atoms with E-state index in [4.69, 9.17) is 21.1 Å². The Balaban J connectivity index is 2.41. The molecule has 6 nitrogen and oxygen atoms in total. The molecule has 21 heavy (non-hydrogen) atoms. The van der Waals surface area contributed by atoms with Gasteiger partial charge in [-0.05, 0) is 25.1 Å². The van der Waals surface area contributed by atoms with E-state index in [1.165, 1.54) is 20.1 Å². The maximum atomic E-state index is 11.6. The highest BCUT2D eigenvalue weighted by Gasteiger charge is 2.10. The molecule has 7 heteroatoms. The Hall–Kier alpha value is -2.08. The van der Waals surface area contributed by atoms with Gasteiger partial charge < -0.3 is 19.6 Å². The van der Waals surface area contributed by atoms with E-state index in [0.29, 0.717) is 16.5 Å². The third kappa shape index (κ3) is 6.27. The molecule has 1 amide bonds. The molecule has 1 aromatic carbocycles. The normalized spacial score (nSPS) is 9.86. The van der Waals surface area contributed by atoms with Gasteiger partial charge in [-0.3, -0.25) is 9.59 Å². The molecule has 0 aliphatic heterocycles. The van der Waals surface area contributed by atoms with Gasteiger partial charge in [0.25, 0.3) is 5.91 Å². The molecule has 0 bridgehead atoms. The van der Waals surface area contributed by atoms with Crippen LogP contribution in [-0.2, 0) is 19.1 Å². The largest absolute Gasteiger partial charge is 0.495 e. The van der Waals surface area contributed by atoms with Crippen LogP contribution in [0.25, 0.3) is 0 Å². The van der Waals surface area contributed by atoms with Crippen molar-refractivity contribution >= 4 is 34.9 Å². The minimum absolute atomic E-state index is 0.0308. The predicted molar refractivity (Wildman–Crippen MR) is 77.5 cm³/mol. The second-order valence-electron chi connectivity index (χ2n) is 4.26. The summed E-state index contributed by atoms with van der Waals surface area (Å²) in [6.45, 7) is 0.966. The van der Waals surface area contributed by atoms with E-state index in [0.717, 1.165) is 0 Å². The summed E-state index contributed by atoms with van der Waals surface area (Å²) in [6, 6.07) is 4.74. The fourth-order valence-electron chi connectivity index (χ4n) is 1.44. The number of methoxy groups -OCH3 is 1. The maximum Gasteiger partial charge on any atom is 0.306 e. The Morgan fingerprint density at radius 3 is 2.52 bits per heavy atom. The summed E-state index contributed by atoms with van der Waals surface area (Å²) in [5, 5.41) is 2.89. The van der Waals surface area contributed by atoms with Crippen molar-refractivity contribution < 1.29 is 23.9 Å². The van der Waals surface area contributed by atoms with Crippen LogP contribution in [-0.4, -0.2) is 31.4 Å². The number of ether oxygens (including phenoxy) is 2. The van der Waals surface area contributed by atoms with Crippen molar-refractivity contribution in [1.29, 1.82) is 0 Å². The van der Waals surface area contributed by atoms with Crippen molar-refractivity contribution in [3.63, 3.8) is 0 Å². The Labute approximate surface area is 127 Å². The van der Waals surface area contributed by atoms with Crippen LogP contribution in [0.15, 0.2) is 18.2 Å². The first-order chi connectivity index (χ1) is 9.92. The van der Waals surface area contributed by atoms with Crippen molar-refractivity contribution in [1.82, 2.24) is 0 Å². The number of esters is 1. The van der Waals surface area contributed by atoms with Crippen molar-refractivity contribution in [2.45, 2.75) is 19.8 Å². The van der Waals surface area contributed by atoms with Gasteiger partial charge in [-0.15, -0.1) is 0 Å². The molecule has 0 spiro atoms. The number of ketones is 1. The van der Waals surface area contributed by atoms with Gasteiger partial charge >= 0.3 is 5.97 Å². The first-order valence-corrected chi connectivity index (χ1v) is 6.58. The summed E-state index contributed by atoms with van der Waals surface area (Å²) >= 11 is 5.92. The average molecular weight is 314 g/mol. The number of rotatable bonds is 7. The molecule has 0 aliphatic rings. The van der Waals surface area contributed by atoms with E-state index in [-0.39, 0.29) is 18.6 Å². The zero-order valence-corrected chi connectivity index (χ0v) is 12.5. The van der Waals surface area contributed by atoms with E-state index in [9.17, 15) is 14.4 Å². The molecule has 0 saturated heterocycles. The van der Waals surface area contributed by atoms with Crippen LogP contribution < -0.4 is 10.1 Å². The van der Waals surface area contributed by atoms with Crippen molar-refractivity contribution in [2.75, 3.05) is 19.0 Å². The van der Waals surface area contributed by atoms with Crippen LogP contribution in [0, 0.1) is 0 Å². The number of Topliss-reactive ketones (excluding diaryl/α,β-unsaturated/α-hetero) is 1. The molecule has 1 aromatic rings. The molecule has 114 valence electrons. The van der Waals surface area contributed by atoms with Gasteiger partial charge in [0.2, 0.25) is 0 Å². The van der Waals surface area contributed by atoms with Crippen LogP contribution in [0.1, 0.15) is 19.8 Å². The summed E-state index contributed by atoms with van der Waals surface area (Å²) in [4.78, 5) is 33.5. The van der Waals surface area contributed by atoms with Crippen molar-refractivity contribution in [3.8, 4) is 5.75 Å². The molecule has 0 radical (unpaired) electrons. The lowest BCUT2D eigenvalue weighted by Gasteiger charge is -2.08. The Morgan fingerprint density at radius 2 is 1.95 bits per heavy atom. The molecular weight excluding hydrogens is 298 g/mol. The number of anilines is 1. The molecular formula is C14H16ClNO5. The number of benzene rings is 1. The van der Waals surface area contributed by atoms with Crippen LogP contribution in [0.4, 0.5) is 5.69 Å². The van der Waals surface area contributed by atoms with Crippen LogP contribution >= 0.6 is 11.6 Å². The highest BCUT2D eigenvalue weighted by Crippen LogP contribution is 2.27. The van der Waals surface area contributed by atoms with Gasteiger partial charge in [-0.2, -0.15) is 0 Å². The van der Waals surface area contributed by atoms with Gasteiger partial charge in [0, 0.05) is 12.1 Å². The lowest BCUT2D eigenvalue weighted by molar-refractivity contribution is -0.148. The zero-order valence-electron chi connectivity index (χ0n) is 11.8. The molecule has 0 heterocycles. The van der Waals surface area contributed by atoms with Crippen LogP contribution in [0.2, 0.25) is 5.02 Å². The Bertz CT molecular complexity index is 544. The van der Waals surface area contributed by atoms with Crippen molar-refractivity contribution in [3.05, 3.63) is 23.2 Å². The molecule has 0 atom stereocenters. The van der Waals surface area contributed by atoms with E-state index in [1.54, 1.807) is 12.1 Å². The number of hydrogen-bond donors (Lipinski definition) is 1. The second kappa shape index (κ2) is 8.26. The topological polar surface area (TPSA) is 81.7 Å². The zero-order chi connectivity index (χ0) is 15.8. The maximum absolute atomic E-state index is 11.6. The number of carbonyl (C=O) groups is 3. The summed E-state index contributed by atoms with van der Waals surface area (Å²) < 4.78 is 9.73. The highest BCUT2D eigenvalue weighted by molar-refractivity contribution is 6.32. The SMILES string of the molecule is COc1ccc(NC(=O)COC(=O)CCC(C)=O)cc1Cl. The first-order valence-electron chi connectivity index (χ1n) is 6.21. The smallest absolute Gasteiger partial charge is 0.306 e. The monoisotopic (exact) mass is 313 g/mol. The number of amides is 1. The molecule has 1 N–H and O–H groups in total. The lowest BCUT2D eigenvalue weighted by atomic mass is 10.2. The van der Waals surface area contributed by atoms with Gasteiger partial charge in [0.15, 0.2) is 6.61 Å². The standard InChI is InChI=1S/C14H16ClNO5/c1-9(17)3-6-14(19)21-8-13(18)16-10-4-5-12(20-2)11(15)7-10/h4-5,7H,3,6,8H2,1-2H3,(H,16,18). The number of carbonyl (C=O) groups excluding carboxylic acids is 3. The second-order valence-corrected chi connectivity index (χ2v) is 4.67. The average Bonchev–Trinajstić information content (AvgIpc) is 2.43. The minimum atomic E-state index is -0.590. The third-order valence-corrected chi connectivity index (χ3v) is 2.78. The predicted octanol–water partition coefficient (Wildman–Crippen LogP) is 2.20. The first kappa shape index (κ1) is 17.0. The van der Waals surface area contributed by atoms with E-state index in [2.05, 4.69) is 5.32 Å². The molecule has 0 aliphatic carbocycles. The molecule has 0 unspecified atom stereocenters. The number of halogens is 1. The summed E-state index contributed by atoms with van der Waals surface area (Å²) in [5.41, 5.74) is 0.464. The minimum Gasteiger partial charge on any atom is -0.495 e. The number of hydrogen-bond acceptors (Lipinski definition) is 5. The van der Waals surface area contributed by atoms with Gasteiger partial charge in [-0.1, -0.05) is 11.6 Å². The highest BCUT2D eigenvalue weighted by atomic mass is 35.5. The molecule has 1 rings (SSSR count). The molecule has 0 saturated carbocycles. The Morgan fingerprint density at radius 1 is 1.24 bits per heavy atom. The van der Waals surface area contributed by atoms with Gasteiger partial charge in [-0.25, -0.2) is 0 Å². The fraction of sp³-hybridized carbons (Fsp3) is 0.357. The van der Waals surface area contributed by atoms with E-state index in [1.807, 2.05) is 0 Å². The lowest BCUT2D eigenvalue weighted by Crippen LogP contribution is -2.21.